The molecule has 15 heavy (non-hydrogen) atoms. The van der Waals surface area contributed by atoms with Crippen LogP contribution < -0.4 is 5.32 Å². The summed E-state index contributed by atoms with van der Waals surface area (Å²) in [5, 5.41) is 3.49. The molecule has 0 saturated heterocycles. The smallest absolute Gasteiger partial charge is 0.0204 e. The van der Waals surface area contributed by atoms with Crippen LogP contribution in [0.3, 0.4) is 0 Å². The lowest BCUT2D eigenvalue weighted by atomic mass is 10.1. The fourth-order valence-corrected chi connectivity index (χ4v) is 1.69. The largest absolute Gasteiger partial charge is 0.312 e. The molecule has 0 aliphatic heterocycles. The minimum Gasteiger partial charge on any atom is -0.312 e. The molecule has 1 aromatic rings. The molecule has 1 rings (SSSR count). The summed E-state index contributed by atoms with van der Waals surface area (Å²) >= 11 is 3.51. The van der Waals surface area contributed by atoms with Crippen molar-refractivity contribution in [3.63, 3.8) is 0 Å². The Bertz CT molecular complexity index is 326. The Balaban J connectivity index is 2.48. The van der Waals surface area contributed by atoms with E-state index in [9.17, 15) is 0 Å². The van der Waals surface area contributed by atoms with Gasteiger partial charge in [0.05, 0.1) is 0 Å². The van der Waals surface area contributed by atoms with Crippen molar-refractivity contribution >= 4 is 15.9 Å². The highest BCUT2D eigenvalue weighted by molar-refractivity contribution is 9.10. The molecule has 1 N–H and O–H groups in total. The topological polar surface area (TPSA) is 12.0 Å². The molecule has 0 aromatic heterocycles. The predicted octanol–water partition coefficient (Wildman–Crippen LogP) is 3.69. The van der Waals surface area contributed by atoms with Gasteiger partial charge >= 0.3 is 0 Å². The van der Waals surface area contributed by atoms with E-state index in [-0.39, 0.29) is 5.54 Å². The number of halogens is 1. The van der Waals surface area contributed by atoms with E-state index < -0.39 is 0 Å². The van der Waals surface area contributed by atoms with Crippen LogP contribution in [0.2, 0.25) is 0 Å². The average Bonchev–Trinajstić information content (AvgIpc) is 2.09. The van der Waals surface area contributed by atoms with Gasteiger partial charge in [0.2, 0.25) is 0 Å². The Morgan fingerprint density at radius 2 is 1.93 bits per heavy atom. The van der Waals surface area contributed by atoms with Gasteiger partial charge in [0, 0.05) is 10.0 Å². The lowest BCUT2D eigenvalue weighted by Gasteiger charge is -2.20. The molecule has 0 unspecified atom stereocenters. The van der Waals surface area contributed by atoms with E-state index in [1.165, 1.54) is 15.6 Å². The van der Waals surface area contributed by atoms with Crippen LogP contribution in [0.1, 0.15) is 31.9 Å². The summed E-state index contributed by atoms with van der Waals surface area (Å²) in [7, 11) is 0. The van der Waals surface area contributed by atoms with E-state index >= 15 is 0 Å². The van der Waals surface area contributed by atoms with Gasteiger partial charge in [-0.15, -0.1) is 0 Å². The highest BCUT2D eigenvalue weighted by Gasteiger charge is 2.07. The van der Waals surface area contributed by atoms with E-state index in [0.717, 1.165) is 13.0 Å². The van der Waals surface area contributed by atoms with Gasteiger partial charge in [0.15, 0.2) is 0 Å². The van der Waals surface area contributed by atoms with Crippen LogP contribution in [0, 0.1) is 6.92 Å². The highest BCUT2D eigenvalue weighted by Crippen LogP contribution is 2.17. The van der Waals surface area contributed by atoms with Gasteiger partial charge in [0.25, 0.3) is 0 Å². The molecule has 0 spiro atoms. The zero-order valence-corrected chi connectivity index (χ0v) is 11.6. The second-order valence-corrected chi connectivity index (χ2v) is 5.86. The maximum absolute atomic E-state index is 3.51. The average molecular weight is 270 g/mol. The molecule has 2 heteroatoms. The maximum Gasteiger partial charge on any atom is 0.0204 e. The SMILES string of the molecule is Cc1cc(CCNC(C)(C)C)ccc1Br. The number of hydrogen-bond donors (Lipinski definition) is 1. The van der Waals surface area contributed by atoms with Gasteiger partial charge < -0.3 is 5.32 Å². The molecule has 0 atom stereocenters. The molecule has 0 bridgehead atoms. The Kier molecular flexibility index (Phi) is 4.35. The van der Waals surface area contributed by atoms with Crippen LogP contribution in [0.15, 0.2) is 22.7 Å². The fourth-order valence-electron chi connectivity index (χ4n) is 1.44. The first-order chi connectivity index (χ1) is 6.88. The second kappa shape index (κ2) is 5.13. The van der Waals surface area contributed by atoms with Crippen molar-refractivity contribution in [1.29, 1.82) is 0 Å². The summed E-state index contributed by atoms with van der Waals surface area (Å²) in [5.74, 6) is 0. The van der Waals surface area contributed by atoms with Crippen molar-refractivity contribution in [3.8, 4) is 0 Å². The highest BCUT2D eigenvalue weighted by atomic mass is 79.9. The van der Waals surface area contributed by atoms with Crippen molar-refractivity contribution in [2.45, 2.75) is 39.7 Å². The van der Waals surface area contributed by atoms with Gasteiger partial charge in [-0.2, -0.15) is 0 Å². The van der Waals surface area contributed by atoms with Crippen LogP contribution in [-0.4, -0.2) is 12.1 Å². The Morgan fingerprint density at radius 3 is 2.47 bits per heavy atom. The maximum atomic E-state index is 3.51. The zero-order valence-electron chi connectivity index (χ0n) is 10.0. The van der Waals surface area contributed by atoms with Gasteiger partial charge in [-0.3, -0.25) is 0 Å². The lowest BCUT2D eigenvalue weighted by molar-refractivity contribution is 0.429. The Hall–Kier alpha value is -0.340. The van der Waals surface area contributed by atoms with Crippen LogP contribution >= 0.6 is 15.9 Å². The number of nitrogens with one attached hydrogen (secondary N) is 1. The first-order valence-corrected chi connectivity index (χ1v) is 6.18. The first kappa shape index (κ1) is 12.7. The molecule has 0 heterocycles. The molecule has 0 aliphatic carbocycles. The summed E-state index contributed by atoms with van der Waals surface area (Å²) < 4.78 is 1.19. The molecule has 0 saturated carbocycles. The van der Waals surface area contributed by atoms with Gasteiger partial charge in [-0.25, -0.2) is 0 Å². The normalized spacial score (nSPS) is 11.8. The van der Waals surface area contributed by atoms with E-state index in [0.29, 0.717) is 0 Å². The van der Waals surface area contributed by atoms with Crippen molar-refractivity contribution in [2.75, 3.05) is 6.54 Å². The Morgan fingerprint density at radius 1 is 1.27 bits per heavy atom. The molecule has 0 amide bonds. The molecule has 0 radical (unpaired) electrons. The molecular weight excluding hydrogens is 250 g/mol. The summed E-state index contributed by atoms with van der Waals surface area (Å²) in [5.41, 5.74) is 2.92. The summed E-state index contributed by atoms with van der Waals surface area (Å²) in [6, 6.07) is 6.55. The Labute approximate surface area is 101 Å². The summed E-state index contributed by atoms with van der Waals surface area (Å²) in [6.45, 7) is 9.74. The quantitative estimate of drug-likeness (QED) is 0.883. The molecule has 84 valence electrons. The minimum absolute atomic E-state index is 0.213. The van der Waals surface area contributed by atoms with Crippen LogP contribution in [-0.2, 0) is 6.42 Å². The lowest BCUT2D eigenvalue weighted by Crippen LogP contribution is -2.37. The number of hydrogen-bond acceptors (Lipinski definition) is 1. The summed E-state index contributed by atoms with van der Waals surface area (Å²) in [6.07, 6.45) is 1.09. The number of rotatable bonds is 3. The predicted molar refractivity (Wildman–Crippen MR) is 70.3 cm³/mol. The molecular formula is C13H20BrN. The van der Waals surface area contributed by atoms with Gasteiger partial charge in [-0.1, -0.05) is 28.1 Å². The third-order valence-corrected chi connectivity index (χ3v) is 3.18. The van der Waals surface area contributed by atoms with Gasteiger partial charge in [0.1, 0.15) is 0 Å². The molecule has 0 fully saturated rings. The zero-order chi connectivity index (χ0) is 11.5. The minimum atomic E-state index is 0.213. The van der Waals surface area contributed by atoms with Gasteiger partial charge in [-0.05, 0) is 57.9 Å². The number of aryl methyl sites for hydroxylation is 1. The van der Waals surface area contributed by atoms with E-state index in [4.69, 9.17) is 0 Å². The molecule has 1 aromatic carbocycles. The van der Waals surface area contributed by atoms with Crippen molar-refractivity contribution in [1.82, 2.24) is 5.32 Å². The third-order valence-electron chi connectivity index (χ3n) is 2.29. The first-order valence-electron chi connectivity index (χ1n) is 5.38. The van der Waals surface area contributed by atoms with E-state index in [2.05, 4.69) is 67.1 Å². The second-order valence-electron chi connectivity index (χ2n) is 5.01. The van der Waals surface area contributed by atoms with E-state index in [1.54, 1.807) is 0 Å². The van der Waals surface area contributed by atoms with Crippen LogP contribution in [0.25, 0.3) is 0 Å². The monoisotopic (exact) mass is 269 g/mol. The van der Waals surface area contributed by atoms with Crippen molar-refractivity contribution < 1.29 is 0 Å². The molecule has 0 aliphatic rings. The van der Waals surface area contributed by atoms with Crippen LogP contribution in [0.5, 0.6) is 0 Å². The standard InChI is InChI=1S/C13H20BrN/c1-10-9-11(5-6-12(10)14)7-8-15-13(2,3)4/h5-6,9,15H,7-8H2,1-4H3. The summed E-state index contributed by atoms with van der Waals surface area (Å²) in [4.78, 5) is 0. The van der Waals surface area contributed by atoms with Crippen molar-refractivity contribution in [3.05, 3.63) is 33.8 Å². The third kappa shape index (κ3) is 4.80. The van der Waals surface area contributed by atoms with Crippen LogP contribution in [0.4, 0.5) is 0 Å². The van der Waals surface area contributed by atoms with Crippen molar-refractivity contribution in [2.24, 2.45) is 0 Å². The number of benzene rings is 1. The van der Waals surface area contributed by atoms with E-state index in [1.807, 2.05) is 0 Å². The molecule has 1 nitrogen and oxygen atoms in total. The fraction of sp³-hybridized carbons (Fsp3) is 0.538.